The maximum absolute atomic E-state index is 5.57. The monoisotopic (exact) mass is 239 g/mol. The molecular weight excluding hydrogens is 222 g/mol. The molecule has 0 saturated heterocycles. The van der Waals surface area contributed by atoms with Gasteiger partial charge in [0.25, 0.3) is 0 Å². The lowest BCUT2D eigenvalue weighted by Gasteiger charge is -2.05. The fourth-order valence-corrected chi connectivity index (χ4v) is 1.91. The molecule has 0 atom stereocenters. The second-order valence-electron chi connectivity index (χ2n) is 4.07. The molecule has 2 aromatic rings. The van der Waals surface area contributed by atoms with E-state index in [4.69, 9.17) is 5.73 Å². The van der Waals surface area contributed by atoms with Gasteiger partial charge in [0.1, 0.15) is 0 Å². The van der Waals surface area contributed by atoms with Crippen molar-refractivity contribution < 1.29 is 0 Å². The van der Waals surface area contributed by atoms with Crippen molar-refractivity contribution in [3.05, 3.63) is 48.2 Å². The third-order valence-corrected chi connectivity index (χ3v) is 2.70. The zero-order chi connectivity index (χ0) is 13.0. The van der Waals surface area contributed by atoms with Crippen molar-refractivity contribution in [2.45, 2.75) is 20.3 Å². The highest BCUT2D eigenvalue weighted by Gasteiger charge is 2.01. The van der Waals surface area contributed by atoms with E-state index in [-0.39, 0.29) is 0 Å². The molecule has 0 radical (unpaired) electrons. The molecule has 3 heteroatoms. The van der Waals surface area contributed by atoms with Crippen LogP contribution < -0.4 is 5.73 Å². The number of aromatic nitrogens is 2. The average molecular weight is 239 g/mol. The summed E-state index contributed by atoms with van der Waals surface area (Å²) in [4.78, 5) is 8.23. The summed E-state index contributed by atoms with van der Waals surface area (Å²) in [6.45, 7) is 4.16. The Morgan fingerprint density at radius 1 is 1.39 bits per heavy atom. The first-order valence-corrected chi connectivity index (χ1v) is 6.10. The summed E-state index contributed by atoms with van der Waals surface area (Å²) < 4.78 is 0. The number of hydrogen-bond donors (Lipinski definition) is 1. The van der Waals surface area contributed by atoms with Crippen molar-refractivity contribution in [2.24, 2.45) is 0 Å². The predicted molar refractivity (Wildman–Crippen MR) is 77.0 cm³/mol. The van der Waals surface area contributed by atoms with Gasteiger partial charge in [-0.1, -0.05) is 31.2 Å². The van der Waals surface area contributed by atoms with Crippen LogP contribution in [0.3, 0.4) is 0 Å². The van der Waals surface area contributed by atoms with Crippen molar-refractivity contribution >= 4 is 22.4 Å². The van der Waals surface area contributed by atoms with Crippen LogP contribution in [0.25, 0.3) is 16.5 Å². The van der Waals surface area contributed by atoms with Crippen LogP contribution in [-0.4, -0.2) is 9.97 Å². The summed E-state index contributed by atoms with van der Waals surface area (Å²) in [6, 6.07) is 6.14. The SMILES string of the molecule is C/C=C\C(=C/CC)c1ccc2nc(N)ncc2c1. The van der Waals surface area contributed by atoms with E-state index in [9.17, 15) is 0 Å². The maximum Gasteiger partial charge on any atom is 0.220 e. The summed E-state index contributed by atoms with van der Waals surface area (Å²) >= 11 is 0. The number of nitrogen functional groups attached to an aromatic ring is 1. The van der Waals surface area contributed by atoms with Crippen molar-refractivity contribution in [1.29, 1.82) is 0 Å². The normalized spacial score (nSPS) is 12.4. The van der Waals surface area contributed by atoms with Gasteiger partial charge in [0.2, 0.25) is 5.95 Å². The van der Waals surface area contributed by atoms with Gasteiger partial charge in [0.15, 0.2) is 0 Å². The molecule has 0 unspecified atom stereocenters. The summed E-state index contributed by atoms with van der Waals surface area (Å²) in [5.41, 5.74) is 8.85. The molecule has 0 saturated carbocycles. The van der Waals surface area contributed by atoms with Crippen LogP contribution in [0.5, 0.6) is 0 Å². The molecule has 3 nitrogen and oxygen atoms in total. The van der Waals surface area contributed by atoms with E-state index in [1.165, 1.54) is 11.1 Å². The van der Waals surface area contributed by atoms with Gasteiger partial charge in [0.05, 0.1) is 5.52 Å². The second kappa shape index (κ2) is 5.45. The Kier molecular flexibility index (Phi) is 3.72. The van der Waals surface area contributed by atoms with Crippen molar-refractivity contribution in [2.75, 3.05) is 5.73 Å². The minimum atomic E-state index is 0.313. The average Bonchev–Trinajstić information content (AvgIpc) is 2.38. The van der Waals surface area contributed by atoms with E-state index in [1.807, 2.05) is 19.1 Å². The molecule has 0 bridgehead atoms. The molecule has 18 heavy (non-hydrogen) atoms. The van der Waals surface area contributed by atoms with Gasteiger partial charge in [0, 0.05) is 11.6 Å². The summed E-state index contributed by atoms with van der Waals surface area (Å²) in [5.74, 6) is 0.313. The zero-order valence-electron chi connectivity index (χ0n) is 10.7. The molecule has 0 aliphatic rings. The van der Waals surface area contributed by atoms with Crippen LogP contribution in [-0.2, 0) is 0 Å². The molecule has 0 aliphatic heterocycles. The van der Waals surface area contributed by atoms with Crippen LogP contribution >= 0.6 is 0 Å². The Labute approximate surface area is 107 Å². The van der Waals surface area contributed by atoms with Crippen molar-refractivity contribution in [3.63, 3.8) is 0 Å². The number of benzene rings is 1. The van der Waals surface area contributed by atoms with Gasteiger partial charge in [-0.05, 0) is 36.6 Å². The van der Waals surface area contributed by atoms with Crippen LogP contribution in [0.4, 0.5) is 5.95 Å². The molecule has 0 amide bonds. The summed E-state index contributed by atoms with van der Waals surface area (Å²) in [5, 5.41) is 1.01. The van der Waals surface area contributed by atoms with Crippen LogP contribution in [0.2, 0.25) is 0 Å². The molecule has 92 valence electrons. The summed E-state index contributed by atoms with van der Waals surface area (Å²) in [7, 11) is 0. The van der Waals surface area contributed by atoms with E-state index in [2.05, 4.69) is 41.2 Å². The Balaban J connectivity index is 2.52. The molecule has 1 aromatic carbocycles. The lowest BCUT2D eigenvalue weighted by molar-refractivity contribution is 1.22. The minimum absolute atomic E-state index is 0.313. The minimum Gasteiger partial charge on any atom is -0.368 e. The predicted octanol–water partition coefficient (Wildman–Crippen LogP) is 3.58. The molecule has 1 heterocycles. The van der Waals surface area contributed by atoms with Crippen LogP contribution in [0.1, 0.15) is 25.8 Å². The fourth-order valence-electron chi connectivity index (χ4n) is 1.91. The van der Waals surface area contributed by atoms with E-state index in [1.54, 1.807) is 6.20 Å². The number of allylic oxidation sites excluding steroid dienone is 4. The maximum atomic E-state index is 5.57. The Bertz CT molecular complexity index is 612. The van der Waals surface area contributed by atoms with Crippen molar-refractivity contribution in [3.8, 4) is 0 Å². The summed E-state index contributed by atoms with van der Waals surface area (Å²) in [6.07, 6.45) is 9.14. The lowest BCUT2D eigenvalue weighted by atomic mass is 10.0. The Morgan fingerprint density at radius 3 is 2.94 bits per heavy atom. The van der Waals surface area contributed by atoms with E-state index in [0.29, 0.717) is 5.95 Å². The second-order valence-corrected chi connectivity index (χ2v) is 4.07. The molecule has 2 N–H and O–H groups in total. The highest BCUT2D eigenvalue weighted by atomic mass is 15.0. The van der Waals surface area contributed by atoms with Gasteiger partial charge >= 0.3 is 0 Å². The lowest BCUT2D eigenvalue weighted by Crippen LogP contribution is -1.94. The number of hydrogen-bond acceptors (Lipinski definition) is 3. The highest BCUT2D eigenvalue weighted by molar-refractivity contribution is 5.85. The van der Waals surface area contributed by atoms with Gasteiger partial charge in [-0.2, -0.15) is 0 Å². The third kappa shape index (κ3) is 2.56. The zero-order valence-corrected chi connectivity index (χ0v) is 10.7. The van der Waals surface area contributed by atoms with E-state index in [0.717, 1.165) is 17.3 Å². The first-order chi connectivity index (χ1) is 8.74. The molecular formula is C15H17N3. The van der Waals surface area contributed by atoms with Gasteiger partial charge < -0.3 is 5.73 Å². The topological polar surface area (TPSA) is 51.8 Å². The Morgan fingerprint density at radius 2 is 2.22 bits per heavy atom. The Hall–Kier alpha value is -2.16. The van der Waals surface area contributed by atoms with Gasteiger partial charge in [-0.15, -0.1) is 0 Å². The van der Waals surface area contributed by atoms with Gasteiger partial charge in [-0.3, -0.25) is 0 Å². The third-order valence-electron chi connectivity index (χ3n) is 2.70. The number of nitrogens with two attached hydrogens (primary N) is 1. The van der Waals surface area contributed by atoms with Crippen molar-refractivity contribution in [1.82, 2.24) is 9.97 Å². The number of rotatable bonds is 3. The number of fused-ring (bicyclic) bond motifs is 1. The van der Waals surface area contributed by atoms with Crippen LogP contribution in [0, 0.1) is 0 Å². The number of anilines is 1. The highest BCUT2D eigenvalue weighted by Crippen LogP contribution is 2.21. The molecule has 1 aromatic heterocycles. The van der Waals surface area contributed by atoms with Crippen LogP contribution in [0.15, 0.2) is 42.6 Å². The smallest absolute Gasteiger partial charge is 0.220 e. The van der Waals surface area contributed by atoms with Gasteiger partial charge in [-0.25, -0.2) is 9.97 Å². The molecule has 0 spiro atoms. The fraction of sp³-hybridized carbons (Fsp3) is 0.200. The quantitative estimate of drug-likeness (QED) is 0.833. The first-order valence-electron chi connectivity index (χ1n) is 6.10. The standard InChI is InChI=1S/C15H17N3/c1-3-5-11(6-4-2)12-7-8-14-13(9-12)10-17-15(16)18-14/h3,5-10H,4H2,1-2H3,(H2,16,17,18)/b5-3-,11-6+. The van der Waals surface area contributed by atoms with E-state index >= 15 is 0 Å². The largest absolute Gasteiger partial charge is 0.368 e. The molecule has 0 fully saturated rings. The van der Waals surface area contributed by atoms with E-state index < -0.39 is 0 Å². The first kappa shape index (κ1) is 12.3. The molecule has 0 aliphatic carbocycles. The number of nitrogens with zero attached hydrogens (tertiary/aromatic N) is 2. The molecule has 2 rings (SSSR count).